The number of nitrogens with zero attached hydrogens (tertiary/aromatic N) is 1. The van der Waals surface area contributed by atoms with Crippen LogP contribution in [-0.4, -0.2) is 48.0 Å². The average Bonchev–Trinajstić information content (AvgIpc) is 2.85. The number of carbonyl (C=O) groups is 3. The van der Waals surface area contributed by atoms with Crippen LogP contribution in [0.1, 0.15) is 46.5 Å². The van der Waals surface area contributed by atoms with E-state index in [4.69, 9.17) is 14.3 Å². The Labute approximate surface area is 140 Å². The van der Waals surface area contributed by atoms with Crippen molar-refractivity contribution in [1.29, 1.82) is 0 Å². The van der Waals surface area contributed by atoms with Crippen molar-refractivity contribution in [2.24, 2.45) is 5.92 Å². The zero-order chi connectivity index (χ0) is 17.7. The van der Waals surface area contributed by atoms with Crippen LogP contribution in [-0.2, 0) is 23.9 Å². The number of hydrogen-bond donors (Lipinski definition) is 2. The van der Waals surface area contributed by atoms with E-state index < -0.39 is 29.8 Å². The van der Waals surface area contributed by atoms with Gasteiger partial charge < -0.3 is 9.47 Å². The van der Waals surface area contributed by atoms with Crippen molar-refractivity contribution in [2.45, 2.75) is 58.3 Å². The maximum absolute atomic E-state index is 12.1. The summed E-state index contributed by atoms with van der Waals surface area (Å²) < 4.78 is 10.4. The van der Waals surface area contributed by atoms with Gasteiger partial charge in [-0.15, -0.1) is 0 Å². The Morgan fingerprint density at radius 3 is 2.67 bits per heavy atom. The van der Waals surface area contributed by atoms with Crippen molar-refractivity contribution in [1.82, 2.24) is 15.9 Å². The summed E-state index contributed by atoms with van der Waals surface area (Å²) in [6, 6.07) is 0. The van der Waals surface area contributed by atoms with Gasteiger partial charge in [-0.05, 0) is 33.6 Å². The number of hydrogen-bond acceptors (Lipinski definition) is 6. The molecule has 2 aliphatic rings. The molecule has 9 nitrogen and oxygen atoms in total. The minimum absolute atomic E-state index is 0.00346. The van der Waals surface area contributed by atoms with E-state index in [-0.39, 0.29) is 18.9 Å². The highest BCUT2D eigenvalue weighted by atomic mass is 16.8. The summed E-state index contributed by atoms with van der Waals surface area (Å²) in [4.78, 5) is 40.9. The van der Waals surface area contributed by atoms with Crippen molar-refractivity contribution in [2.75, 3.05) is 13.2 Å². The SMILES string of the molecule is CC(C)(C)OC(=O)NN1CC(C(=O)NOC2CCCCO2)CC1=O. The average molecular weight is 343 g/mol. The molecule has 0 aliphatic carbocycles. The second-order valence-corrected chi connectivity index (χ2v) is 6.90. The molecule has 9 heteroatoms. The van der Waals surface area contributed by atoms with Gasteiger partial charge in [-0.3, -0.25) is 14.6 Å². The molecule has 2 saturated heterocycles. The number of hydroxylamine groups is 1. The van der Waals surface area contributed by atoms with Gasteiger partial charge in [0, 0.05) is 19.4 Å². The fourth-order valence-electron chi connectivity index (χ4n) is 2.41. The molecule has 2 fully saturated rings. The first-order chi connectivity index (χ1) is 11.2. The lowest BCUT2D eigenvalue weighted by molar-refractivity contribution is -0.202. The van der Waals surface area contributed by atoms with Crippen LogP contribution >= 0.6 is 0 Å². The Kier molecular flexibility index (Phi) is 6.00. The molecule has 2 N–H and O–H groups in total. The molecular weight excluding hydrogens is 318 g/mol. The summed E-state index contributed by atoms with van der Waals surface area (Å²) in [5.74, 6) is -1.36. The van der Waals surface area contributed by atoms with E-state index in [2.05, 4.69) is 10.9 Å². The molecule has 0 spiro atoms. The second-order valence-electron chi connectivity index (χ2n) is 6.90. The lowest BCUT2D eigenvalue weighted by atomic mass is 10.1. The molecule has 0 aromatic rings. The molecule has 0 radical (unpaired) electrons. The Hall–Kier alpha value is -1.87. The first kappa shape index (κ1) is 18.5. The molecule has 2 heterocycles. The third kappa shape index (κ3) is 5.64. The first-order valence-electron chi connectivity index (χ1n) is 8.12. The van der Waals surface area contributed by atoms with E-state index in [9.17, 15) is 14.4 Å². The standard InChI is InChI=1S/C15H25N3O6/c1-15(2,3)23-14(21)16-18-9-10(8-11(18)19)13(20)17-24-12-6-4-5-7-22-12/h10,12H,4-9H2,1-3H3,(H,16,21)(H,17,20). The van der Waals surface area contributed by atoms with Gasteiger partial charge in [-0.25, -0.2) is 20.5 Å². The molecule has 2 atom stereocenters. The van der Waals surface area contributed by atoms with Gasteiger partial charge in [0.2, 0.25) is 11.8 Å². The predicted molar refractivity (Wildman–Crippen MR) is 82.0 cm³/mol. The Bertz CT molecular complexity index is 484. The zero-order valence-electron chi connectivity index (χ0n) is 14.3. The van der Waals surface area contributed by atoms with Crippen LogP contribution in [0.25, 0.3) is 0 Å². The number of hydrazine groups is 1. The first-order valence-corrected chi connectivity index (χ1v) is 8.12. The third-order valence-electron chi connectivity index (χ3n) is 3.55. The van der Waals surface area contributed by atoms with Gasteiger partial charge in [0.25, 0.3) is 0 Å². The number of nitrogens with one attached hydrogen (secondary N) is 2. The topological polar surface area (TPSA) is 106 Å². The van der Waals surface area contributed by atoms with Gasteiger partial charge in [0.1, 0.15) is 5.60 Å². The van der Waals surface area contributed by atoms with Crippen LogP contribution in [0.4, 0.5) is 4.79 Å². The summed E-state index contributed by atoms with van der Waals surface area (Å²) in [5, 5.41) is 1.09. The third-order valence-corrected chi connectivity index (χ3v) is 3.55. The highest BCUT2D eigenvalue weighted by Crippen LogP contribution is 2.18. The van der Waals surface area contributed by atoms with Gasteiger partial charge in [-0.2, -0.15) is 0 Å². The number of carbonyl (C=O) groups excluding carboxylic acids is 3. The molecule has 136 valence electrons. The van der Waals surface area contributed by atoms with Crippen molar-refractivity contribution in [3.8, 4) is 0 Å². The van der Waals surface area contributed by atoms with Crippen LogP contribution in [0.15, 0.2) is 0 Å². The molecule has 24 heavy (non-hydrogen) atoms. The quantitative estimate of drug-likeness (QED) is 0.733. The molecule has 0 saturated carbocycles. The number of amides is 3. The molecule has 0 aromatic carbocycles. The van der Waals surface area contributed by atoms with Gasteiger partial charge in [0.15, 0.2) is 6.29 Å². The lowest BCUT2D eigenvalue weighted by Crippen LogP contribution is -2.46. The second kappa shape index (κ2) is 7.80. The van der Waals surface area contributed by atoms with E-state index in [1.807, 2.05) is 0 Å². The predicted octanol–water partition coefficient (Wildman–Crippen LogP) is 0.849. The number of rotatable bonds is 4. The summed E-state index contributed by atoms with van der Waals surface area (Å²) in [5.41, 5.74) is 4.02. The van der Waals surface area contributed by atoms with E-state index >= 15 is 0 Å². The van der Waals surface area contributed by atoms with Crippen molar-refractivity contribution < 1.29 is 28.7 Å². The van der Waals surface area contributed by atoms with Crippen LogP contribution in [0.2, 0.25) is 0 Å². The Morgan fingerprint density at radius 2 is 2.04 bits per heavy atom. The summed E-state index contributed by atoms with van der Waals surface area (Å²) in [6.45, 7) is 5.84. The minimum atomic E-state index is -0.733. The van der Waals surface area contributed by atoms with E-state index in [0.29, 0.717) is 6.61 Å². The number of ether oxygens (including phenoxy) is 2. The smallest absolute Gasteiger partial charge is 0.426 e. The summed E-state index contributed by atoms with van der Waals surface area (Å²) in [7, 11) is 0. The Balaban J connectivity index is 1.76. The molecule has 2 aliphatic heterocycles. The van der Waals surface area contributed by atoms with Crippen LogP contribution < -0.4 is 10.9 Å². The van der Waals surface area contributed by atoms with Crippen molar-refractivity contribution in [3.63, 3.8) is 0 Å². The highest BCUT2D eigenvalue weighted by Gasteiger charge is 2.36. The van der Waals surface area contributed by atoms with Crippen molar-refractivity contribution in [3.05, 3.63) is 0 Å². The van der Waals surface area contributed by atoms with Gasteiger partial charge in [0.05, 0.1) is 12.5 Å². The van der Waals surface area contributed by atoms with Crippen LogP contribution in [0.3, 0.4) is 0 Å². The molecule has 2 rings (SSSR count). The largest absolute Gasteiger partial charge is 0.443 e. The van der Waals surface area contributed by atoms with E-state index in [1.54, 1.807) is 20.8 Å². The zero-order valence-corrected chi connectivity index (χ0v) is 14.3. The van der Waals surface area contributed by atoms with Gasteiger partial charge >= 0.3 is 6.09 Å². The molecule has 3 amide bonds. The normalized spacial score (nSPS) is 24.6. The van der Waals surface area contributed by atoms with E-state index in [1.165, 1.54) is 0 Å². The fraction of sp³-hybridized carbons (Fsp3) is 0.800. The highest BCUT2D eigenvalue weighted by molar-refractivity contribution is 5.89. The van der Waals surface area contributed by atoms with Gasteiger partial charge in [-0.1, -0.05) is 0 Å². The van der Waals surface area contributed by atoms with Crippen LogP contribution in [0, 0.1) is 5.92 Å². The fourth-order valence-corrected chi connectivity index (χ4v) is 2.41. The molecular formula is C15H25N3O6. The monoisotopic (exact) mass is 343 g/mol. The van der Waals surface area contributed by atoms with E-state index in [0.717, 1.165) is 24.3 Å². The maximum atomic E-state index is 12.1. The molecule has 2 unspecified atom stereocenters. The summed E-state index contributed by atoms with van der Waals surface area (Å²) in [6.07, 6.45) is 1.50. The molecule has 0 bridgehead atoms. The Morgan fingerprint density at radius 1 is 1.29 bits per heavy atom. The van der Waals surface area contributed by atoms with Crippen LogP contribution in [0.5, 0.6) is 0 Å². The van der Waals surface area contributed by atoms with Crippen molar-refractivity contribution >= 4 is 17.9 Å². The summed E-state index contributed by atoms with van der Waals surface area (Å²) >= 11 is 0. The maximum Gasteiger partial charge on any atom is 0.426 e. The molecule has 0 aromatic heterocycles. The lowest BCUT2D eigenvalue weighted by Gasteiger charge is -2.24. The minimum Gasteiger partial charge on any atom is -0.443 e.